The van der Waals surface area contributed by atoms with Gasteiger partial charge in [-0.2, -0.15) is 0 Å². The second kappa shape index (κ2) is 34.7. The molecule has 0 aliphatic carbocycles. The van der Waals surface area contributed by atoms with E-state index in [0.29, 0.717) is 12.8 Å². The molecule has 0 amide bonds. The van der Waals surface area contributed by atoms with Crippen molar-refractivity contribution in [1.29, 1.82) is 0 Å². The van der Waals surface area contributed by atoms with E-state index in [2.05, 4.69) is 38.2 Å². The third-order valence-corrected chi connectivity index (χ3v) is 8.77. The van der Waals surface area contributed by atoms with Gasteiger partial charge in [-0.1, -0.05) is 141 Å². The number of nitrogens with zero attached hydrogens (tertiary/aromatic N) is 1. The summed E-state index contributed by atoms with van der Waals surface area (Å²) in [5, 5.41) is 0. The van der Waals surface area contributed by atoms with Crippen molar-refractivity contribution in [2.45, 2.75) is 213 Å². The average molecular weight is 648 g/mol. The van der Waals surface area contributed by atoms with Crippen LogP contribution in [0.2, 0.25) is 0 Å². The smallest absolute Gasteiger partial charge is 0.307 e. The van der Waals surface area contributed by atoms with Crippen LogP contribution in [0.5, 0.6) is 0 Å². The van der Waals surface area contributed by atoms with Crippen LogP contribution in [0, 0.1) is 0 Å². The highest BCUT2D eigenvalue weighted by atomic mass is 16.6. The van der Waals surface area contributed by atoms with Crippen LogP contribution in [0.1, 0.15) is 201 Å². The Morgan fingerprint density at radius 2 is 0.783 bits per heavy atom. The maximum atomic E-state index is 12.5. The Kier molecular flexibility index (Phi) is 33.5. The maximum Gasteiger partial charge on any atom is 0.307 e. The van der Waals surface area contributed by atoms with Crippen molar-refractivity contribution in [1.82, 2.24) is 4.90 Å². The summed E-state index contributed by atoms with van der Waals surface area (Å²) in [6, 6.07) is 0. The summed E-state index contributed by atoms with van der Waals surface area (Å²) in [6.45, 7) is 6.35. The molecule has 2 unspecified atom stereocenters. The molecule has 0 rings (SSSR count). The normalized spacial score (nSPS) is 13.2. The lowest BCUT2D eigenvalue weighted by Gasteiger charge is -2.29. The Morgan fingerprint density at radius 1 is 0.478 bits per heavy atom. The number of esters is 2. The molecule has 46 heavy (non-hydrogen) atoms. The minimum absolute atomic E-state index is 0.203. The van der Waals surface area contributed by atoms with Gasteiger partial charge in [0.05, 0.1) is 0 Å². The Balaban J connectivity index is 3.83. The molecule has 5 heteroatoms. The SMILES string of the molecule is CCCCCCCC/C=C\CCCCCCCC(=O)OC(C)C(OC(=O)CCCCCCC/C=C\CCCCCCCC)N(C)C. The van der Waals surface area contributed by atoms with Gasteiger partial charge in [0.2, 0.25) is 0 Å². The highest BCUT2D eigenvalue weighted by Crippen LogP contribution is 2.15. The molecule has 0 aliphatic heterocycles. The highest BCUT2D eigenvalue weighted by Gasteiger charge is 2.26. The van der Waals surface area contributed by atoms with E-state index >= 15 is 0 Å². The molecular formula is C41H77NO4. The van der Waals surface area contributed by atoms with Gasteiger partial charge in [-0.05, 0) is 85.2 Å². The first kappa shape index (κ1) is 44.4. The molecule has 5 nitrogen and oxygen atoms in total. The Hall–Kier alpha value is -1.62. The molecule has 0 spiro atoms. The van der Waals surface area contributed by atoms with Gasteiger partial charge in [-0.25, -0.2) is 0 Å². The van der Waals surface area contributed by atoms with E-state index in [1.165, 1.54) is 116 Å². The fraction of sp³-hybridized carbons (Fsp3) is 0.854. The molecule has 0 bridgehead atoms. The minimum atomic E-state index is -0.561. The highest BCUT2D eigenvalue weighted by molar-refractivity contribution is 5.70. The number of rotatable bonds is 34. The molecule has 2 atom stereocenters. The van der Waals surface area contributed by atoms with Crippen LogP contribution < -0.4 is 0 Å². The Morgan fingerprint density at radius 3 is 1.13 bits per heavy atom. The van der Waals surface area contributed by atoms with Crippen molar-refractivity contribution in [3.63, 3.8) is 0 Å². The average Bonchev–Trinajstić information content (AvgIpc) is 3.03. The van der Waals surface area contributed by atoms with Crippen LogP contribution in [0.4, 0.5) is 0 Å². The number of allylic oxidation sites excluding steroid dienone is 4. The zero-order valence-electron chi connectivity index (χ0n) is 31.3. The van der Waals surface area contributed by atoms with Crippen LogP contribution in [0.15, 0.2) is 24.3 Å². The summed E-state index contributed by atoms with van der Waals surface area (Å²) in [4.78, 5) is 26.8. The largest absolute Gasteiger partial charge is 0.457 e. The summed E-state index contributed by atoms with van der Waals surface area (Å²) in [5.41, 5.74) is 0. The quantitative estimate of drug-likeness (QED) is 0.0301. The lowest BCUT2D eigenvalue weighted by atomic mass is 10.1. The first-order valence-corrected chi connectivity index (χ1v) is 19.8. The molecular weight excluding hydrogens is 570 g/mol. The molecule has 0 aromatic heterocycles. The topological polar surface area (TPSA) is 55.8 Å². The minimum Gasteiger partial charge on any atom is -0.457 e. The zero-order valence-corrected chi connectivity index (χ0v) is 31.3. The summed E-state index contributed by atoms with van der Waals surface area (Å²) >= 11 is 0. The molecule has 0 aliphatic rings. The van der Waals surface area contributed by atoms with Gasteiger partial charge in [0.1, 0.15) is 6.10 Å². The van der Waals surface area contributed by atoms with Crippen molar-refractivity contribution in [3.8, 4) is 0 Å². The first-order valence-electron chi connectivity index (χ1n) is 19.8. The number of carbonyl (C=O) groups is 2. The Labute approximate surface area is 286 Å². The number of ether oxygens (including phenoxy) is 2. The van der Waals surface area contributed by atoms with Crippen LogP contribution in [0.25, 0.3) is 0 Å². The summed E-state index contributed by atoms with van der Waals surface area (Å²) in [7, 11) is 3.71. The molecule has 0 radical (unpaired) electrons. The summed E-state index contributed by atoms with van der Waals surface area (Å²) in [6.07, 6.45) is 41.2. The summed E-state index contributed by atoms with van der Waals surface area (Å²) < 4.78 is 11.4. The Bertz CT molecular complexity index is 732. The van der Waals surface area contributed by atoms with E-state index in [1.54, 1.807) is 0 Å². The van der Waals surface area contributed by atoms with Gasteiger partial charge >= 0.3 is 11.9 Å². The van der Waals surface area contributed by atoms with Crippen molar-refractivity contribution in [3.05, 3.63) is 24.3 Å². The van der Waals surface area contributed by atoms with E-state index in [9.17, 15) is 9.59 Å². The number of unbranched alkanes of at least 4 members (excludes halogenated alkanes) is 22. The van der Waals surface area contributed by atoms with Crippen LogP contribution in [0.3, 0.4) is 0 Å². The molecule has 0 N–H and O–H groups in total. The van der Waals surface area contributed by atoms with E-state index in [0.717, 1.165) is 51.4 Å². The number of likely N-dealkylation sites (N-methyl/N-ethyl adjacent to an activating group) is 1. The van der Waals surface area contributed by atoms with Gasteiger partial charge < -0.3 is 9.47 Å². The molecule has 0 heterocycles. The fourth-order valence-electron chi connectivity index (χ4n) is 5.82. The second-order valence-electron chi connectivity index (χ2n) is 13.7. The molecule has 0 fully saturated rings. The maximum absolute atomic E-state index is 12.5. The van der Waals surface area contributed by atoms with E-state index < -0.39 is 12.3 Å². The van der Waals surface area contributed by atoms with Crippen molar-refractivity contribution in [2.24, 2.45) is 0 Å². The molecule has 0 aromatic rings. The van der Waals surface area contributed by atoms with Gasteiger partial charge in [0, 0.05) is 12.8 Å². The third kappa shape index (κ3) is 31.0. The zero-order chi connectivity index (χ0) is 33.9. The summed E-state index contributed by atoms with van der Waals surface area (Å²) in [5.74, 6) is -0.415. The van der Waals surface area contributed by atoms with Crippen molar-refractivity contribution in [2.75, 3.05) is 14.1 Å². The molecule has 270 valence electrons. The third-order valence-electron chi connectivity index (χ3n) is 8.77. The second-order valence-corrected chi connectivity index (χ2v) is 13.7. The van der Waals surface area contributed by atoms with Gasteiger partial charge in [-0.15, -0.1) is 0 Å². The first-order chi connectivity index (χ1) is 22.4. The lowest BCUT2D eigenvalue weighted by molar-refractivity contribution is -0.179. The van der Waals surface area contributed by atoms with Crippen molar-refractivity contribution >= 4 is 11.9 Å². The van der Waals surface area contributed by atoms with E-state index in [-0.39, 0.29) is 11.9 Å². The van der Waals surface area contributed by atoms with E-state index in [1.807, 2.05) is 25.9 Å². The van der Waals surface area contributed by atoms with Gasteiger partial charge in [0.15, 0.2) is 6.23 Å². The molecule has 0 aromatic carbocycles. The predicted octanol–water partition coefficient (Wildman–Crippen LogP) is 12.4. The van der Waals surface area contributed by atoms with Crippen LogP contribution in [-0.4, -0.2) is 43.3 Å². The molecule has 0 saturated heterocycles. The lowest BCUT2D eigenvalue weighted by Crippen LogP contribution is -2.43. The van der Waals surface area contributed by atoms with E-state index in [4.69, 9.17) is 9.47 Å². The fourth-order valence-corrected chi connectivity index (χ4v) is 5.82. The van der Waals surface area contributed by atoms with Crippen LogP contribution >= 0.6 is 0 Å². The number of carbonyl (C=O) groups excluding carboxylic acids is 2. The monoisotopic (exact) mass is 648 g/mol. The number of hydrogen-bond donors (Lipinski definition) is 0. The van der Waals surface area contributed by atoms with Gasteiger partial charge in [0.25, 0.3) is 0 Å². The van der Waals surface area contributed by atoms with Crippen molar-refractivity contribution < 1.29 is 19.1 Å². The molecule has 0 saturated carbocycles. The standard InChI is InChI=1S/C41H77NO4/c1-6-8-10-12-14-16-18-20-22-24-26-28-30-32-34-36-39(43)45-38(3)41(42(4)5)46-40(44)37-35-33-31-29-27-25-23-21-19-17-15-13-11-9-7-2/h20-23,38,41H,6-19,24-37H2,1-5H3/b22-20-,23-21-. The van der Waals surface area contributed by atoms with Crippen LogP contribution in [-0.2, 0) is 19.1 Å². The number of hydrogen-bond acceptors (Lipinski definition) is 5. The van der Waals surface area contributed by atoms with Gasteiger partial charge in [-0.3, -0.25) is 14.5 Å². The predicted molar refractivity (Wildman–Crippen MR) is 198 cm³/mol.